The molecule has 5 heteroatoms. The number of carbonyl (C=O) groups is 1. The Morgan fingerprint density at radius 1 is 1.33 bits per heavy atom. The summed E-state index contributed by atoms with van der Waals surface area (Å²) in [5.74, 6) is 0.390. The van der Waals surface area contributed by atoms with Crippen LogP contribution in [-0.2, 0) is 0 Å². The molecule has 0 bridgehead atoms. The van der Waals surface area contributed by atoms with Crippen LogP contribution >= 0.6 is 12.4 Å². The highest BCUT2D eigenvalue weighted by atomic mass is 35.5. The van der Waals surface area contributed by atoms with E-state index in [1.54, 1.807) is 18.2 Å². The van der Waals surface area contributed by atoms with E-state index in [1.165, 1.54) is 0 Å². The van der Waals surface area contributed by atoms with Crippen LogP contribution in [0.3, 0.4) is 0 Å². The van der Waals surface area contributed by atoms with Gasteiger partial charge in [-0.15, -0.1) is 12.4 Å². The lowest BCUT2D eigenvalue weighted by molar-refractivity contribution is 0.0624. The molecule has 0 aliphatic carbocycles. The van der Waals surface area contributed by atoms with E-state index in [9.17, 15) is 4.79 Å². The van der Waals surface area contributed by atoms with Crippen molar-refractivity contribution in [2.75, 3.05) is 18.8 Å². The first-order chi connectivity index (χ1) is 7.98. The van der Waals surface area contributed by atoms with Gasteiger partial charge in [0.2, 0.25) is 0 Å². The number of nitrogen functional groups attached to an aromatic ring is 1. The Morgan fingerprint density at radius 3 is 2.50 bits per heavy atom. The van der Waals surface area contributed by atoms with Crippen molar-refractivity contribution in [3.63, 3.8) is 0 Å². The number of hydrogen-bond acceptors (Lipinski definition) is 3. The third kappa shape index (κ3) is 3.35. The lowest BCUT2D eigenvalue weighted by Crippen LogP contribution is -2.41. The molecule has 0 spiro atoms. The van der Waals surface area contributed by atoms with Crippen LogP contribution in [0.2, 0.25) is 0 Å². The van der Waals surface area contributed by atoms with Crippen molar-refractivity contribution in [3.8, 4) is 0 Å². The zero-order chi connectivity index (χ0) is 12.5. The summed E-state index contributed by atoms with van der Waals surface area (Å²) in [7, 11) is 0. The fraction of sp³-hybridized carbons (Fsp3) is 0.538. The maximum absolute atomic E-state index is 12.2. The van der Waals surface area contributed by atoms with Gasteiger partial charge in [-0.2, -0.15) is 0 Å². The van der Waals surface area contributed by atoms with Gasteiger partial charge in [-0.25, -0.2) is 4.98 Å². The largest absolute Gasteiger partial charge is 0.384 e. The molecule has 1 fully saturated rings. The number of hydrogen-bond donors (Lipinski definition) is 1. The van der Waals surface area contributed by atoms with Gasteiger partial charge < -0.3 is 10.6 Å². The van der Waals surface area contributed by atoms with Crippen molar-refractivity contribution >= 4 is 24.1 Å². The number of amides is 1. The molecule has 2 N–H and O–H groups in total. The van der Waals surface area contributed by atoms with Crippen molar-refractivity contribution in [2.45, 2.75) is 26.7 Å². The Kier molecular flexibility index (Phi) is 4.57. The molecular formula is C13H20ClN3O. The number of piperidine rings is 1. The Hall–Kier alpha value is -1.29. The van der Waals surface area contributed by atoms with Gasteiger partial charge in [-0.05, 0) is 30.4 Å². The van der Waals surface area contributed by atoms with Crippen LogP contribution in [0, 0.1) is 5.41 Å². The number of nitrogens with zero attached hydrogens (tertiary/aromatic N) is 2. The summed E-state index contributed by atoms with van der Waals surface area (Å²) in [4.78, 5) is 18.1. The maximum Gasteiger partial charge on any atom is 0.272 e. The summed E-state index contributed by atoms with van der Waals surface area (Å²) >= 11 is 0. The quantitative estimate of drug-likeness (QED) is 0.851. The molecule has 0 unspecified atom stereocenters. The number of rotatable bonds is 1. The minimum atomic E-state index is -0.00667. The maximum atomic E-state index is 12.2. The van der Waals surface area contributed by atoms with E-state index in [0.29, 0.717) is 16.9 Å². The lowest BCUT2D eigenvalue weighted by atomic mass is 9.82. The molecule has 0 aromatic carbocycles. The number of nitrogens with two attached hydrogens (primary N) is 1. The van der Waals surface area contributed by atoms with E-state index in [2.05, 4.69) is 18.8 Å². The Labute approximate surface area is 114 Å². The predicted molar refractivity (Wildman–Crippen MR) is 74.8 cm³/mol. The fourth-order valence-corrected chi connectivity index (χ4v) is 2.05. The summed E-state index contributed by atoms with van der Waals surface area (Å²) in [6.07, 6.45) is 2.09. The first-order valence-corrected chi connectivity index (χ1v) is 6.00. The molecule has 1 aliphatic rings. The van der Waals surface area contributed by atoms with Crippen molar-refractivity contribution in [1.29, 1.82) is 0 Å². The highest BCUT2D eigenvalue weighted by molar-refractivity contribution is 5.92. The van der Waals surface area contributed by atoms with Gasteiger partial charge in [0, 0.05) is 13.1 Å². The van der Waals surface area contributed by atoms with E-state index < -0.39 is 0 Å². The zero-order valence-electron chi connectivity index (χ0n) is 10.8. The summed E-state index contributed by atoms with van der Waals surface area (Å²) < 4.78 is 0. The van der Waals surface area contributed by atoms with Crippen molar-refractivity contribution in [2.24, 2.45) is 5.41 Å². The standard InChI is InChI=1S/C13H19N3O.ClH/c1-13(2)6-8-16(9-7-13)12(17)10-4-3-5-11(14)15-10;/h3-5H,6-9H2,1-2H3,(H2,14,15);1H. The first-order valence-electron chi connectivity index (χ1n) is 6.00. The van der Waals surface area contributed by atoms with Gasteiger partial charge >= 0.3 is 0 Å². The predicted octanol–water partition coefficient (Wildman–Crippen LogP) is 2.35. The topological polar surface area (TPSA) is 59.2 Å². The first kappa shape index (κ1) is 14.8. The summed E-state index contributed by atoms with van der Waals surface area (Å²) in [6, 6.07) is 5.18. The van der Waals surface area contributed by atoms with Crippen LogP contribution in [0.4, 0.5) is 5.82 Å². The summed E-state index contributed by atoms with van der Waals surface area (Å²) in [5, 5.41) is 0. The van der Waals surface area contributed by atoms with E-state index in [0.717, 1.165) is 25.9 Å². The minimum Gasteiger partial charge on any atom is -0.384 e. The monoisotopic (exact) mass is 269 g/mol. The second-order valence-corrected chi connectivity index (χ2v) is 5.40. The number of aromatic nitrogens is 1. The molecule has 1 amide bonds. The smallest absolute Gasteiger partial charge is 0.272 e. The molecule has 0 atom stereocenters. The molecule has 2 rings (SSSR count). The molecule has 1 saturated heterocycles. The SMILES string of the molecule is CC1(C)CCN(C(=O)c2cccc(N)n2)CC1.Cl. The molecular weight excluding hydrogens is 250 g/mol. The van der Waals surface area contributed by atoms with Crippen LogP contribution in [-0.4, -0.2) is 28.9 Å². The molecule has 1 aromatic rings. The molecule has 100 valence electrons. The van der Waals surface area contributed by atoms with Crippen LogP contribution in [0.1, 0.15) is 37.2 Å². The van der Waals surface area contributed by atoms with Crippen LogP contribution < -0.4 is 5.73 Å². The molecule has 1 aromatic heterocycles. The van der Waals surface area contributed by atoms with E-state index >= 15 is 0 Å². The van der Waals surface area contributed by atoms with E-state index in [-0.39, 0.29) is 18.3 Å². The number of pyridine rings is 1. The van der Waals surface area contributed by atoms with Gasteiger partial charge in [0.15, 0.2) is 0 Å². The van der Waals surface area contributed by atoms with Crippen molar-refractivity contribution in [3.05, 3.63) is 23.9 Å². The molecule has 0 saturated carbocycles. The number of halogens is 1. The van der Waals surface area contributed by atoms with E-state index in [4.69, 9.17) is 5.73 Å². The van der Waals surface area contributed by atoms with E-state index in [1.807, 2.05) is 4.90 Å². The highest BCUT2D eigenvalue weighted by Gasteiger charge is 2.28. The minimum absolute atomic E-state index is 0. The molecule has 0 radical (unpaired) electrons. The summed E-state index contributed by atoms with van der Waals surface area (Å²) in [6.45, 7) is 6.10. The third-order valence-corrected chi connectivity index (χ3v) is 3.39. The number of anilines is 1. The Bertz CT molecular complexity index is 424. The van der Waals surface area contributed by atoms with Gasteiger partial charge in [0.25, 0.3) is 5.91 Å². The molecule has 1 aliphatic heterocycles. The van der Waals surface area contributed by atoms with Gasteiger partial charge in [0.05, 0.1) is 0 Å². The van der Waals surface area contributed by atoms with Gasteiger partial charge in [-0.1, -0.05) is 19.9 Å². The average Bonchev–Trinajstić information content (AvgIpc) is 2.28. The second-order valence-electron chi connectivity index (χ2n) is 5.40. The third-order valence-electron chi connectivity index (χ3n) is 3.39. The summed E-state index contributed by atoms with van der Waals surface area (Å²) in [5.41, 5.74) is 6.38. The van der Waals surface area contributed by atoms with Crippen molar-refractivity contribution in [1.82, 2.24) is 9.88 Å². The molecule has 4 nitrogen and oxygen atoms in total. The Balaban J connectivity index is 0.00000162. The Morgan fingerprint density at radius 2 is 1.94 bits per heavy atom. The number of carbonyl (C=O) groups excluding carboxylic acids is 1. The number of likely N-dealkylation sites (tertiary alicyclic amines) is 1. The van der Waals surface area contributed by atoms with Gasteiger partial charge in [0.1, 0.15) is 11.5 Å². The normalized spacial score (nSPS) is 18.0. The zero-order valence-corrected chi connectivity index (χ0v) is 11.7. The van der Waals surface area contributed by atoms with Crippen molar-refractivity contribution < 1.29 is 4.79 Å². The average molecular weight is 270 g/mol. The fourth-order valence-electron chi connectivity index (χ4n) is 2.05. The van der Waals surface area contributed by atoms with Crippen LogP contribution in [0.5, 0.6) is 0 Å². The van der Waals surface area contributed by atoms with Crippen LogP contribution in [0.25, 0.3) is 0 Å². The van der Waals surface area contributed by atoms with Gasteiger partial charge in [-0.3, -0.25) is 4.79 Å². The van der Waals surface area contributed by atoms with Crippen LogP contribution in [0.15, 0.2) is 18.2 Å². The molecule has 18 heavy (non-hydrogen) atoms. The second kappa shape index (κ2) is 5.57. The highest BCUT2D eigenvalue weighted by Crippen LogP contribution is 2.30. The lowest BCUT2D eigenvalue weighted by Gasteiger charge is -2.36. The molecule has 2 heterocycles.